The lowest BCUT2D eigenvalue weighted by atomic mass is 9.87. The predicted molar refractivity (Wildman–Crippen MR) is 122 cm³/mol. The molecule has 6 nitrogen and oxygen atoms in total. The average molecular weight is 445 g/mol. The molecule has 8 heteroatoms. The Bertz CT molecular complexity index is 649. The fourth-order valence-corrected chi connectivity index (χ4v) is 4.12. The van der Waals surface area contributed by atoms with Crippen LogP contribution < -0.4 is 11.1 Å². The molecule has 2 atom stereocenters. The molecule has 0 bridgehead atoms. The number of rotatable bonds is 5. The van der Waals surface area contributed by atoms with Gasteiger partial charge in [-0.2, -0.15) is 0 Å². The number of nitrogen functional groups attached to an aromatic ring is 1. The third-order valence-corrected chi connectivity index (χ3v) is 5.73. The Kier molecular flexibility index (Phi) is 10.8. The van der Waals surface area contributed by atoms with Crippen LogP contribution in [0, 0.1) is 5.92 Å². The van der Waals surface area contributed by atoms with Gasteiger partial charge in [0.2, 0.25) is 11.8 Å². The summed E-state index contributed by atoms with van der Waals surface area (Å²) in [5, 5.41) is 3.20. The lowest BCUT2D eigenvalue weighted by molar-refractivity contribution is -0.132. The number of benzene rings is 1. The third kappa shape index (κ3) is 8.03. The Morgan fingerprint density at radius 3 is 2.34 bits per heavy atom. The fraction of sp³-hybridized carbons (Fsp3) is 0.619. The van der Waals surface area contributed by atoms with Gasteiger partial charge in [-0.15, -0.1) is 24.8 Å². The highest BCUT2D eigenvalue weighted by Crippen LogP contribution is 2.23. The molecule has 1 saturated heterocycles. The number of amides is 2. The van der Waals surface area contributed by atoms with Crippen LogP contribution in [0.4, 0.5) is 5.69 Å². The van der Waals surface area contributed by atoms with Gasteiger partial charge in [-0.3, -0.25) is 14.5 Å². The molecule has 3 N–H and O–H groups in total. The largest absolute Gasteiger partial charge is 0.399 e. The number of hydrogen-bond acceptors (Lipinski definition) is 4. The fourth-order valence-electron chi connectivity index (χ4n) is 4.12. The molecule has 3 rings (SSSR count). The Hall–Kier alpha value is -1.50. The summed E-state index contributed by atoms with van der Waals surface area (Å²) in [6, 6.07) is 7.79. The lowest BCUT2D eigenvalue weighted by Gasteiger charge is -2.35. The van der Waals surface area contributed by atoms with E-state index in [-0.39, 0.29) is 36.6 Å². The molecule has 1 aromatic rings. The third-order valence-electron chi connectivity index (χ3n) is 5.73. The number of anilines is 1. The quantitative estimate of drug-likeness (QED) is 0.683. The molecule has 29 heavy (non-hydrogen) atoms. The molecule has 1 saturated carbocycles. The molecule has 2 amide bonds. The van der Waals surface area contributed by atoms with Gasteiger partial charge in [-0.05, 0) is 36.5 Å². The van der Waals surface area contributed by atoms with Crippen LogP contribution in [0.25, 0.3) is 0 Å². The molecule has 0 aromatic heterocycles. The molecule has 2 fully saturated rings. The standard InChI is InChI=1S/C21H32N4O2.2ClH/c1-16-3-2-4-19(13-16)23-20(26)15-24-9-11-25(12-10-24)21(27)14-17-5-7-18(22)8-6-17;;/h5-8,16,19H,2-4,9-15,22H2,1H3,(H,23,26);2*1H. The van der Waals surface area contributed by atoms with E-state index in [2.05, 4.69) is 17.1 Å². The first-order valence-corrected chi connectivity index (χ1v) is 10.1. The molecular formula is C21H34Cl2N4O2. The van der Waals surface area contributed by atoms with Gasteiger partial charge in [-0.25, -0.2) is 0 Å². The first-order valence-electron chi connectivity index (χ1n) is 10.1. The molecule has 0 radical (unpaired) electrons. The second-order valence-electron chi connectivity index (χ2n) is 8.11. The number of hydrogen-bond donors (Lipinski definition) is 2. The summed E-state index contributed by atoms with van der Waals surface area (Å²) < 4.78 is 0. The van der Waals surface area contributed by atoms with Crippen molar-refractivity contribution in [1.29, 1.82) is 0 Å². The van der Waals surface area contributed by atoms with Gasteiger partial charge in [0.1, 0.15) is 0 Å². The van der Waals surface area contributed by atoms with Crippen molar-refractivity contribution in [3.63, 3.8) is 0 Å². The van der Waals surface area contributed by atoms with Gasteiger partial charge in [0.25, 0.3) is 0 Å². The Balaban J connectivity index is 0.00000210. The zero-order valence-electron chi connectivity index (χ0n) is 17.1. The highest BCUT2D eigenvalue weighted by molar-refractivity contribution is 5.85. The molecule has 0 spiro atoms. The summed E-state index contributed by atoms with van der Waals surface area (Å²) in [7, 11) is 0. The second-order valence-corrected chi connectivity index (χ2v) is 8.11. The maximum absolute atomic E-state index is 12.5. The van der Waals surface area contributed by atoms with Crippen LogP contribution in [0.3, 0.4) is 0 Å². The van der Waals surface area contributed by atoms with Crippen LogP contribution in [0.2, 0.25) is 0 Å². The highest BCUT2D eigenvalue weighted by atomic mass is 35.5. The van der Waals surface area contributed by atoms with Crippen LogP contribution in [0.1, 0.15) is 38.2 Å². The van der Waals surface area contributed by atoms with Crippen molar-refractivity contribution in [1.82, 2.24) is 15.1 Å². The summed E-state index contributed by atoms with van der Waals surface area (Å²) in [5.41, 5.74) is 7.38. The minimum absolute atomic E-state index is 0. The van der Waals surface area contributed by atoms with E-state index in [0.717, 1.165) is 31.5 Å². The predicted octanol–water partition coefficient (Wildman–Crippen LogP) is 2.49. The van der Waals surface area contributed by atoms with Gasteiger partial charge < -0.3 is 16.0 Å². The van der Waals surface area contributed by atoms with Crippen molar-refractivity contribution in [3.05, 3.63) is 29.8 Å². The normalized spacial score (nSPS) is 22.2. The van der Waals surface area contributed by atoms with Crippen LogP contribution in [-0.2, 0) is 16.0 Å². The molecule has 1 aromatic carbocycles. The van der Waals surface area contributed by atoms with Crippen LogP contribution >= 0.6 is 24.8 Å². The Morgan fingerprint density at radius 1 is 1.07 bits per heavy atom. The number of halogens is 2. The number of nitrogens with zero attached hydrogens (tertiary/aromatic N) is 2. The van der Waals surface area contributed by atoms with E-state index in [9.17, 15) is 9.59 Å². The van der Waals surface area contributed by atoms with E-state index in [4.69, 9.17) is 5.73 Å². The van der Waals surface area contributed by atoms with Crippen molar-refractivity contribution < 1.29 is 9.59 Å². The van der Waals surface area contributed by atoms with Crippen molar-refractivity contribution in [3.8, 4) is 0 Å². The van der Waals surface area contributed by atoms with E-state index >= 15 is 0 Å². The lowest BCUT2D eigenvalue weighted by Crippen LogP contribution is -2.52. The highest BCUT2D eigenvalue weighted by Gasteiger charge is 2.24. The summed E-state index contributed by atoms with van der Waals surface area (Å²) in [5.74, 6) is 0.968. The van der Waals surface area contributed by atoms with Crippen molar-refractivity contribution >= 4 is 42.3 Å². The topological polar surface area (TPSA) is 78.7 Å². The molecule has 1 aliphatic heterocycles. The first-order chi connectivity index (χ1) is 13.0. The maximum Gasteiger partial charge on any atom is 0.234 e. The van der Waals surface area contributed by atoms with E-state index in [1.807, 2.05) is 29.2 Å². The van der Waals surface area contributed by atoms with E-state index in [0.29, 0.717) is 43.7 Å². The molecule has 164 valence electrons. The number of piperazine rings is 1. The van der Waals surface area contributed by atoms with Crippen LogP contribution in [-0.4, -0.2) is 60.4 Å². The summed E-state index contributed by atoms with van der Waals surface area (Å²) >= 11 is 0. The molecular weight excluding hydrogens is 411 g/mol. The van der Waals surface area contributed by atoms with Gasteiger partial charge in [-0.1, -0.05) is 31.9 Å². The number of nitrogens with two attached hydrogens (primary N) is 1. The van der Waals surface area contributed by atoms with Crippen molar-refractivity contribution in [2.45, 2.75) is 45.1 Å². The Morgan fingerprint density at radius 2 is 1.72 bits per heavy atom. The zero-order chi connectivity index (χ0) is 19.2. The molecule has 1 aliphatic carbocycles. The van der Waals surface area contributed by atoms with Gasteiger partial charge in [0.05, 0.1) is 13.0 Å². The van der Waals surface area contributed by atoms with Gasteiger partial charge in [0, 0.05) is 37.9 Å². The van der Waals surface area contributed by atoms with E-state index in [1.54, 1.807) is 0 Å². The average Bonchev–Trinajstić information content (AvgIpc) is 2.64. The minimum Gasteiger partial charge on any atom is -0.399 e. The summed E-state index contributed by atoms with van der Waals surface area (Å²) in [4.78, 5) is 28.8. The Labute approximate surface area is 186 Å². The minimum atomic E-state index is 0. The summed E-state index contributed by atoms with van der Waals surface area (Å²) in [6.07, 6.45) is 5.09. The van der Waals surface area contributed by atoms with Crippen molar-refractivity contribution in [2.75, 3.05) is 38.5 Å². The molecule has 1 heterocycles. The van der Waals surface area contributed by atoms with Crippen molar-refractivity contribution in [2.24, 2.45) is 5.92 Å². The van der Waals surface area contributed by atoms with Crippen LogP contribution in [0.15, 0.2) is 24.3 Å². The zero-order valence-corrected chi connectivity index (χ0v) is 18.8. The number of nitrogens with one attached hydrogen (secondary N) is 1. The monoisotopic (exact) mass is 444 g/mol. The van der Waals surface area contributed by atoms with Gasteiger partial charge in [0.15, 0.2) is 0 Å². The molecule has 2 aliphatic rings. The van der Waals surface area contributed by atoms with E-state index < -0.39 is 0 Å². The van der Waals surface area contributed by atoms with Gasteiger partial charge >= 0.3 is 0 Å². The number of carbonyl (C=O) groups is 2. The maximum atomic E-state index is 12.5. The second kappa shape index (κ2) is 12.3. The number of carbonyl (C=O) groups excluding carboxylic acids is 2. The SMILES string of the molecule is CC1CCCC(NC(=O)CN2CCN(C(=O)Cc3ccc(N)cc3)CC2)C1.Cl.Cl. The first kappa shape index (κ1) is 25.5. The van der Waals surface area contributed by atoms with Crippen LogP contribution in [0.5, 0.6) is 0 Å². The van der Waals surface area contributed by atoms with E-state index in [1.165, 1.54) is 12.8 Å². The smallest absolute Gasteiger partial charge is 0.234 e. The molecule has 2 unspecified atom stereocenters. The summed E-state index contributed by atoms with van der Waals surface area (Å²) in [6.45, 7) is 5.57.